The summed E-state index contributed by atoms with van der Waals surface area (Å²) in [5.74, 6) is 0. The molecule has 36 heavy (non-hydrogen) atoms. The van der Waals surface area contributed by atoms with Gasteiger partial charge >= 0.3 is 0 Å². The van der Waals surface area contributed by atoms with E-state index < -0.39 is 0 Å². The molecule has 1 aliphatic carbocycles. The minimum atomic E-state index is -0.363. The first-order valence-electron chi connectivity index (χ1n) is 12.3. The van der Waals surface area contributed by atoms with Crippen molar-refractivity contribution in [1.82, 2.24) is 0 Å². The van der Waals surface area contributed by atoms with Crippen LogP contribution in [0.1, 0.15) is 25.7 Å². The Morgan fingerprint density at radius 1 is 0.417 bits per heavy atom. The topological polar surface area (TPSA) is 49.4 Å². The Kier molecular flexibility index (Phi) is 5.33. The second-order valence-electron chi connectivity index (χ2n) is 9.54. The molecule has 0 amide bonds. The van der Waals surface area contributed by atoms with Crippen LogP contribution in [0.25, 0.3) is 0 Å². The van der Waals surface area contributed by atoms with Crippen LogP contribution in [0.5, 0.6) is 0 Å². The maximum absolute atomic E-state index is 5.14. The fourth-order valence-electron chi connectivity index (χ4n) is 5.20. The highest BCUT2D eigenvalue weighted by molar-refractivity contribution is 7.99. The van der Waals surface area contributed by atoms with Gasteiger partial charge in [0, 0.05) is 19.6 Å². The van der Waals surface area contributed by atoms with Gasteiger partial charge < -0.3 is 0 Å². The second-order valence-corrected chi connectivity index (χ2v) is 11.8. The molecular formula is C30H24N4S2. The predicted octanol–water partition coefficient (Wildman–Crippen LogP) is 5.16. The van der Waals surface area contributed by atoms with Crippen molar-refractivity contribution in [3.05, 3.63) is 118 Å². The maximum Gasteiger partial charge on any atom is 0.151 e. The van der Waals surface area contributed by atoms with Crippen molar-refractivity contribution in [2.75, 3.05) is 0 Å². The third-order valence-electron chi connectivity index (χ3n) is 7.02. The number of nitrogens with zero attached hydrogens (tertiary/aromatic N) is 4. The van der Waals surface area contributed by atoms with Gasteiger partial charge in [-0.25, -0.2) is 0 Å². The molecule has 176 valence electrons. The van der Waals surface area contributed by atoms with E-state index in [0.29, 0.717) is 0 Å². The molecule has 0 aromatic heterocycles. The summed E-state index contributed by atoms with van der Waals surface area (Å²) in [4.78, 5) is 25.3. The van der Waals surface area contributed by atoms with Crippen LogP contribution in [0.2, 0.25) is 0 Å². The Labute approximate surface area is 218 Å². The molecule has 4 nitrogen and oxygen atoms in total. The number of rotatable bonds is 4. The smallest absolute Gasteiger partial charge is 0.151 e. The summed E-state index contributed by atoms with van der Waals surface area (Å²) in [6, 6.07) is 33.8. The quantitative estimate of drug-likeness (QED) is 0.385. The van der Waals surface area contributed by atoms with Crippen molar-refractivity contribution in [3.8, 4) is 0 Å². The summed E-state index contributed by atoms with van der Waals surface area (Å²) >= 11 is 3.53. The fraction of sp³-hybridized carbons (Fsp3) is 0.200. The van der Waals surface area contributed by atoms with E-state index in [1.807, 2.05) is 12.1 Å². The SMILES string of the molecule is c1ccc(Sc2ccc3c(c2)=NC2(CCC4(CC2)N=c2ccc(Sc5ccccc5)cc2=N4)N=3)cc1. The molecule has 0 radical (unpaired) electrons. The Balaban J connectivity index is 1.10. The summed E-state index contributed by atoms with van der Waals surface area (Å²) in [7, 11) is 0. The first kappa shape index (κ1) is 22.0. The van der Waals surface area contributed by atoms with E-state index in [1.165, 1.54) is 19.6 Å². The van der Waals surface area contributed by atoms with Crippen LogP contribution in [-0.4, -0.2) is 11.3 Å². The first-order valence-corrected chi connectivity index (χ1v) is 13.9. The summed E-state index contributed by atoms with van der Waals surface area (Å²) in [6.07, 6.45) is 3.48. The second kappa shape index (κ2) is 8.71. The minimum Gasteiger partial charge on any atom is -0.253 e. The highest BCUT2D eigenvalue weighted by Crippen LogP contribution is 2.42. The van der Waals surface area contributed by atoms with E-state index in [2.05, 4.69) is 84.9 Å². The molecule has 2 spiro atoms. The van der Waals surface area contributed by atoms with Crippen LogP contribution in [-0.2, 0) is 0 Å². The average Bonchev–Trinajstić information content (AvgIpc) is 3.44. The lowest BCUT2D eigenvalue weighted by molar-refractivity contribution is 0.215. The van der Waals surface area contributed by atoms with Crippen molar-refractivity contribution < 1.29 is 0 Å². The van der Waals surface area contributed by atoms with E-state index in [9.17, 15) is 0 Å². The monoisotopic (exact) mass is 504 g/mol. The highest BCUT2D eigenvalue weighted by atomic mass is 32.2. The van der Waals surface area contributed by atoms with Crippen molar-refractivity contribution in [3.63, 3.8) is 0 Å². The van der Waals surface area contributed by atoms with Gasteiger partial charge in [-0.3, -0.25) is 20.0 Å². The summed E-state index contributed by atoms with van der Waals surface area (Å²) in [5.41, 5.74) is -0.727. The van der Waals surface area contributed by atoms with Crippen molar-refractivity contribution in [2.24, 2.45) is 20.0 Å². The Bertz CT molecular complexity index is 1560. The molecule has 4 aromatic rings. The lowest BCUT2D eigenvalue weighted by Crippen LogP contribution is -2.38. The molecule has 1 fully saturated rings. The zero-order valence-corrected chi connectivity index (χ0v) is 21.3. The van der Waals surface area contributed by atoms with E-state index in [4.69, 9.17) is 20.0 Å². The van der Waals surface area contributed by atoms with Gasteiger partial charge in [0.25, 0.3) is 0 Å². The number of fused-ring (bicyclic) bond motifs is 2. The van der Waals surface area contributed by atoms with Crippen LogP contribution < -0.4 is 21.4 Å². The van der Waals surface area contributed by atoms with Crippen LogP contribution in [0, 0.1) is 0 Å². The zero-order chi connectivity index (χ0) is 24.0. The Morgan fingerprint density at radius 3 is 1.22 bits per heavy atom. The third-order valence-corrected chi connectivity index (χ3v) is 9.01. The van der Waals surface area contributed by atoms with Gasteiger partial charge in [-0.05, 0) is 86.3 Å². The van der Waals surface area contributed by atoms with Crippen LogP contribution >= 0.6 is 23.5 Å². The zero-order valence-electron chi connectivity index (χ0n) is 19.7. The molecule has 0 unspecified atom stereocenters. The van der Waals surface area contributed by atoms with E-state index in [0.717, 1.165) is 47.1 Å². The van der Waals surface area contributed by atoms with Gasteiger partial charge in [0.05, 0.1) is 21.4 Å². The van der Waals surface area contributed by atoms with Gasteiger partial charge in [-0.1, -0.05) is 59.9 Å². The van der Waals surface area contributed by atoms with Crippen molar-refractivity contribution in [1.29, 1.82) is 0 Å². The molecule has 6 heteroatoms. The fourth-order valence-corrected chi connectivity index (χ4v) is 6.94. The molecule has 2 aliphatic heterocycles. The molecule has 4 aromatic carbocycles. The van der Waals surface area contributed by atoms with Crippen molar-refractivity contribution >= 4 is 23.5 Å². The van der Waals surface area contributed by atoms with Gasteiger partial charge in [0.1, 0.15) is 0 Å². The molecule has 1 saturated carbocycles. The predicted molar refractivity (Wildman–Crippen MR) is 143 cm³/mol. The van der Waals surface area contributed by atoms with E-state index in [-0.39, 0.29) is 11.3 Å². The van der Waals surface area contributed by atoms with Crippen molar-refractivity contribution in [2.45, 2.75) is 56.6 Å². The number of benzene rings is 4. The molecule has 0 N–H and O–H groups in total. The molecule has 2 heterocycles. The lowest BCUT2D eigenvalue weighted by Gasteiger charge is -2.36. The van der Waals surface area contributed by atoms with Gasteiger partial charge in [0.15, 0.2) is 11.3 Å². The largest absolute Gasteiger partial charge is 0.253 e. The Hall–Kier alpha value is -3.22. The highest BCUT2D eigenvalue weighted by Gasteiger charge is 2.44. The van der Waals surface area contributed by atoms with Crippen LogP contribution in [0.3, 0.4) is 0 Å². The standard InChI is InChI=1S/C30H24N4S2/c1-3-7-21(8-4-1)35-23-11-13-25-27(19-23)33-29(31-25)15-17-30(18-16-29)32-26-14-12-24(20-28(26)34-30)36-22-9-5-2-6-10-22/h1-14,19-20H,15-18H2. The van der Waals surface area contributed by atoms with Gasteiger partial charge in [-0.2, -0.15) is 0 Å². The number of hydrogen-bond acceptors (Lipinski definition) is 6. The Morgan fingerprint density at radius 2 is 0.806 bits per heavy atom. The lowest BCUT2D eigenvalue weighted by atomic mass is 9.83. The molecule has 0 atom stereocenters. The molecule has 0 bridgehead atoms. The summed E-state index contributed by atoms with van der Waals surface area (Å²) in [6.45, 7) is 0. The maximum atomic E-state index is 5.14. The third kappa shape index (κ3) is 4.18. The van der Waals surface area contributed by atoms with Crippen LogP contribution in [0.15, 0.2) is 137 Å². The molecule has 3 aliphatic rings. The molecule has 7 rings (SSSR count). The van der Waals surface area contributed by atoms with Crippen LogP contribution in [0.4, 0.5) is 0 Å². The molecular weight excluding hydrogens is 480 g/mol. The van der Waals surface area contributed by atoms with Gasteiger partial charge in [0.2, 0.25) is 0 Å². The summed E-state index contributed by atoms with van der Waals surface area (Å²) in [5, 5.41) is 4.04. The summed E-state index contributed by atoms with van der Waals surface area (Å²) < 4.78 is 0. The number of hydrogen-bond donors (Lipinski definition) is 0. The average molecular weight is 505 g/mol. The van der Waals surface area contributed by atoms with E-state index >= 15 is 0 Å². The normalized spacial score (nSPS) is 23.3. The minimum absolute atomic E-state index is 0.363. The van der Waals surface area contributed by atoms with E-state index in [1.54, 1.807) is 23.5 Å². The van der Waals surface area contributed by atoms with Gasteiger partial charge in [-0.15, -0.1) is 0 Å². The first-order chi connectivity index (χ1) is 17.7. The molecule has 0 saturated heterocycles.